The van der Waals surface area contributed by atoms with Crippen LogP contribution in [0.5, 0.6) is 5.75 Å². The molecule has 94 valence electrons. The molecule has 1 saturated heterocycles. The maximum atomic E-state index is 5.31. The van der Waals surface area contributed by atoms with Crippen LogP contribution in [0, 0.1) is 5.92 Å². The first-order valence-electron chi connectivity index (χ1n) is 6.58. The van der Waals surface area contributed by atoms with E-state index < -0.39 is 0 Å². The molecular weight excluding hydrogens is 210 g/mol. The van der Waals surface area contributed by atoms with E-state index >= 15 is 0 Å². The molecule has 0 spiro atoms. The summed E-state index contributed by atoms with van der Waals surface area (Å²) < 4.78 is 5.31. The largest absolute Gasteiger partial charge is 0.497 e. The molecule has 2 heteroatoms. The van der Waals surface area contributed by atoms with E-state index in [-0.39, 0.29) is 0 Å². The SMILES string of the molecule is COc1cccc(C2CCCN2CC(C)C)c1. The third kappa shape index (κ3) is 3.01. The normalized spacial score (nSPS) is 21.1. The number of hydrogen-bond acceptors (Lipinski definition) is 2. The maximum Gasteiger partial charge on any atom is 0.119 e. The van der Waals surface area contributed by atoms with Gasteiger partial charge in [0.2, 0.25) is 0 Å². The third-order valence-electron chi connectivity index (χ3n) is 3.44. The lowest BCUT2D eigenvalue weighted by Gasteiger charge is -2.26. The van der Waals surface area contributed by atoms with E-state index in [1.54, 1.807) is 7.11 Å². The summed E-state index contributed by atoms with van der Waals surface area (Å²) in [7, 11) is 1.74. The lowest BCUT2D eigenvalue weighted by molar-refractivity contribution is 0.228. The molecule has 2 nitrogen and oxygen atoms in total. The van der Waals surface area contributed by atoms with E-state index in [2.05, 4.69) is 36.9 Å². The van der Waals surface area contributed by atoms with E-state index in [1.165, 1.54) is 31.5 Å². The van der Waals surface area contributed by atoms with Gasteiger partial charge in [0.15, 0.2) is 0 Å². The van der Waals surface area contributed by atoms with Gasteiger partial charge < -0.3 is 4.74 Å². The molecule has 1 aliphatic rings. The van der Waals surface area contributed by atoms with Crippen LogP contribution in [0.3, 0.4) is 0 Å². The van der Waals surface area contributed by atoms with Crippen LogP contribution in [0.25, 0.3) is 0 Å². The summed E-state index contributed by atoms with van der Waals surface area (Å²) in [6.45, 7) is 7.02. The third-order valence-corrected chi connectivity index (χ3v) is 3.44. The second-order valence-corrected chi connectivity index (χ2v) is 5.32. The molecule has 0 aliphatic carbocycles. The van der Waals surface area contributed by atoms with Gasteiger partial charge in [0.05, 0.1) is 7.11 Å². The molecule has 17 heavy (non-hydrogen) atoms. The molecule has 0 bridgehead atoms. The van der Waals surface area contributed by atoms with Crippen LogP contribution in [-0.2, 0) is 0 Å². The topological polar surface area (TPSA) is 12.5 Å². The highest BCUT2D eigenvalue weighted by molar-refractivity contribution is 5.31. The van der Waals surface area contributed by atoms with Crippen molar-refractivity contribution in [2.45, 2.75) is 32.7 Å². The highest BCUT2D eigenvalue weighted by atomic mass is 16.5. The Bertz CT molecular complexity index is 362. The fraction of sp³-hybridized carbons (Fsp3) is 0.600. The first-order chi connectivity index (χ1) is 8.20. The minimum atomic E-state index is 0.590. The first kappa shape index (κ1) is 12.4. The monoisotopic (exact) mass is 233 g/mol. The van der Waals surface area contributed by atoms with Crippen molar-refractivity contribution in [3.05, 3.63) is 29.8 Å². The van der Waals surface area contributed by atoms with Crippen LogP contribution < -0.4 is 4.74 Å². The quantitative estimate of drug-likeness (QED) is 0.789. The van der Waals surface area contributed by atoms with Gasteiger partial charge in [-0.15, -0.1) is 0 Å². The molecule has 1 aromatic carbocycles. The number of rotatable bonds is 4. The summed E-state index contributed by atoms with van der Waals surface area (Å²) in [4.78, 5) is 2.61. The Morgan fingerprint density at radius 1 is 1.41 bits per heavy atom. The summed E-state index contributed by atoms with van der Waals surface area (Å²) in [5.74, 6) is 1.71. The molecular formula is C15H23NO. The smallest absolute Gasteiger partial charge is 0.119 e. The van der Waals surface area contributed by atoms with Gasteiger partial charge in [-0.1, -0.05) is 26.0 Å². The van der Waals surface area contributed by atoms with Crippen LogP contribution in [0.1, 0.15) is 38.3 Å². The summed E-state index contributed by atoms with van der Waals surface area (Å²) in [5.41, 5.74) is 1.41. The predicted molar refractivity (Wildman–Crippen MR) is 71.4 cm³/mol. The van der Waals surface area contributed by atoms with Crippen LogP contribution in [-0.4, -0.2) is 25.1 Å². The number of hydrogen-bond donors (Lipinski definition) is 0. The maximum absolute atomic E-state index is 5.31. The van der Waals surface area contributed by atoms with Crippen molar-refractivity contribution in [2.24, 2.45) is 5.92 Å². The molecule has 1 fully saturated rings. The Balaban J connectivity index is 2.14. The van der Waals surface area contributed by atoms with Gasteiger partial charge in [0.1, 0.15) is 5.75 Å². The van der Waals surface area contributed by atoms with Crippen molar-refractivity contribution < 1.29 is 4.74 Å². The zero-order chi connectivity index (χ0) is 12.3. The number of nitrogens with zero attached hydrogens (tertiary/aromatic N) is 1. The zero-order valence-corrected chi connectivity index (χ0v) is 11.1. The van der Waals surface area contributed by atoms with Gasteiger partial charge in [-0.25, -0.2) is 0 Å². The minimum Gasteiger partial charge on any atom is -0.497 e. The number of ether oxygens (including phenoxy) is 1. The van der Waals surface area contributed by atoms with Crippen LogP contribution in [0.2, 0.25) is 0 Å². The summed E-state index contributed by atoms with van der Waals surface area (Å²) >= 11 is 0. The second kappa shape index (κ2) is 5.54. The molecule has 2 rings (SSSR count). The van der Waals surface area contributed by atoms with Crippen molar-refractivity contribution in [2.75, 3.05) is 20.2 Å². The lowest BCUT2D eigenvalue weighted by Crippen LogP contribution is -2.27. The predicted octanol–water partition coefficient (Wildman–Crippen LogP) is 3.49. The molecule has 1 aliphatic heterocycles. The highest BCUT2D eigenvalue weighted by Gasteiger charge is 2.26. The first-order valence-corrected chi connectivity index (χ1v) is 6.58. The molecule has 0 radical (unpaired) electrons. The molecule has 0 amide bonds. The van der Waals surface area contributed by atoms with Gasteiger partial charge in [0.25, 0.3) is 0 Å². The average Bonchev–Trinajstić information content (AvgIpc) is 2.76. The van der Waals surface area contributed by atoms with Crippen molar-refractivity contribution in [1.82, 2.24) is 4.90 Å². The Morgan fingerprint density at radius 3 is 2.94 bits per heavy atom. The Labute approximate surface area is 105 Å². The fourth-order valence-corrected chi connectivity index (χ4v) is 2.74. The zero-order valence-electron chi connectivity index (χ0n) is 11.1. The molecule has 1 heterocycles. The van der Waals surface area contributed by atoms with Crippen molar-refractivity contribution in [3.8, 4) is 5.75 Å². The van der Waals surface area contributed by atoms with Crippen LogP contribution in [0.4, 0.5) is 0 Å². The van der Waals surface area contributed by atoms with Gasteiger partial charge in [-0.3, -0.25) is 4.90 Å². The van der Waals surface area contributed by atoms with Crippen molar-refractivity contribution in [3.63, 3.8) is 0 Å². The highest BCUT2D eigenvalue weighted by Crippen LogP contribution is 2.33. The molecule has 1 atom stereocenters. The molecule has 0 aromatic heterocycles. The van der Waals surface area contributed by atoms with E-state index in [0.717, 1.165) is 11.7 Å². The average molecular weight is 233 g/mol. The summed E-state index contributed by atoms with van der Waals surface area (Å²) in [5, 5.41) is 0. The second-order valence-electron chi connectivity index (χ2n) is 5.32. The van der Waals surface area contributed by atoms with Crippen molar-refractivity contribution in [1.29, 1.82) is 0 Å². The Morgan fingerprint density at radius 2 is 2.24 bits per heavy atom. The Kier molecular flexibility index (Phi) is 4.06. The molecule has 0 N–H and O–H groups in total. The minimum absolute atomic E-state index is 0.590. The van der Waals surface area contributed by atoms with E-state index in [1.807, 2.05) is 6.07 Å². The van der Waals surface area contributed by atoms with Gasteiger partial charge >= 0.3 is 0 Å². The van der Waals surface area contributed by atoms with Crippen LogP contribution in [0.15, 0.2) is 24.3 Å². The Hall–Kier alpha value is -1.02. The van der Waals surface area contributed by atoms with Gasteiger partial charge in [-0.2, -0.15) is 0 Å². The number of likely N-dealkylation sites (tertiary alicyclic amines) is 1. The van der Waals surface area contributed by atoms with E-state index in [0.29, 0.717) is 6.04 Å². The number of methoxy groups -OCH3 is 1. The van der Waals surface area contributed by atoms with Crippen molar-refractivity contribution >= 4 is 0 Å². The number of benzene rings is 1. The summed E-state index contributed by atoms with van der Waals surface area (Å²) in [6, 6.07) is 9.12. The molecule has 1 unspecified atom stereocenters. The van der Waals surface area contributed by atoms with E-state index in [9.17, 15) is 0 Å². The van der Waals surface area contributed by atoms with Gasteiger partial charge in [0, 0.05) is 12.6 Å². The lowest BCUT2D eigenvalue weighted by atomic mass is 10.0. The molecule has 0 saturated carbocycles. The van der Waals surface area contributed by atoms with Gasteiger partial charge in [-0.05, 0) is 43.0 Å². The molecule has 1 aromatic rings. The standard InChI is InChI=1S/C15H23NO/c1-12(2)11-16-9-5-8-15(16)13-6-4-7-14(10-13)17-3/h4,6-7,10,12,15H,5,8-9,11H2,1-3H3. The van der Waals surface area contributed by atoms with Crippen LogP contribution >= 0.6 is 0 Å². The van der Waals surface area contributed by atoms with E-state index in [4.69, 9.17) is 4.74 Å². The summed E-state index contributed by atoms with van der Waals surface area (Å²) in [6.07, 6.45) is 2.59. The fourth-order valence-electron chi connectivity index (χ4n) is 2.74.